The van der Waals surface area contributed by atoms with Crippen LogP contribution < -0.4 is 5.32 Å². The highest BCUT2D eigenvalue weighted by Crippen LogP contribution is 2.04. The van der Waals surface area contributed by atoms with Crippen molar-refractivity contribution in [3.63, 3.8) is 0 Å². The standard InChI is InChI=1S/C13H18FNO3/c1-18-9-12(5-6-16)15-13(17)8-10-3-2-4-11(14)7-10/h2-4,7,12,16H,5-6,8-9H2,1H3,(H,15,17). The van der Waals surface area contributed by atoms with Gasteiger partial charge < -0.3 is 15.2 Å². The van der Waals surface area contributed by atoms with Crippen molar-refractivity contribution in [2.24, 2.45) is 0 Å². The lowest BCUT2D eigenvalue weighted by molar-refractivity contribution is -0.121. The Kier molecular flexibility index (Phi) is 6.32. The van der Waals surface area contributed by atoms with Gasteiger partial charge in [-0.2, -0.15) is 0 Å². The van der Waals surface area contributed by atoms with Crippen molar-refractivity contribution >= 4 is 5.91 Å². The van der Waals surface area contributed by atoms with Crippen LogP contribution in [0.4, 0.5) is 4.39 Å². The Bertz CT molecular complexity index is 378. The molecule has 1 unspecified atom stereocenters. The number of aliphatic hydroxyl groups is 1. The fraction of sp³-hybridized carbons (Fsp3) is 0.462. The molecular formula is C13H18FNO3. The molecule has 0 aromatic heterocycles. The molecule has 0 fully saturated rings. The zero-order valence-electron chi connectivity index (χ0n) is 10.4. The number of hydrogen-bond donors (Lipinski definition) is 2. The predicted octanol–water partition coefficient (Wildman–Crippen LogP) is 0.882. The minimum Gasteiger partial charge on any atom is -0.396 e. The molecule has 0 spiro atoms. The molecule has 0 saturated heterocycles. The highest BCUT2D eigenvalue weighted by atomic mass is 19.1. The maximum Gasteiger partial charge on any atom is 0.224 e. The number of aliphatic hydroxyl groups excluding tert-OH is 1. The number of methoxy groups -OCH3 is 1. The van der Waals surface area contributed by atoms with Crippen LogP contribution in [0.2, 0.25) is 0 Å². The molecule has 0 saturated carbocycles. The van der Waals surface area contributed by atoms with Gasteiger partial charge in [0.25, 0.3) is 0 Å². The van der Waals surface area contributed by atoms with E-state index in [0.29, 0.717) is 18.6 Å². The Morgan fingerprint density at radius 1 is 1.56 bits per heavy atom. The summed E-state index contributed by atoms with van der Waals surface area (Å²) in [7, 11) is 1.53. The Morgan fingerprint density at radius 2 is 2.33 bits per heavy atom. The highest BCUT2D eigenvalue weighted by Gasteiger charge is 2.12. The van der Waals surface area contributed by atoms with Gasteiger partial charge in [-0.25, -0.2) is 4.39 Å². The molecule has 0 radical (unpaired) electrons. The van der Waals surface area contributed by atoms with E-state index in [1.807, 2.05) is 0 Å². The van der Waals surface area contributed by atoms with Crippen LogP contribution >= 0.6 is 0 Å². The van der Waals surface area contributed by atoms with Crippen LogP contribution in [0.15, 0.2) is 24.3 Å². The summed E-state index contributed by atoms with van der Waals surface area (Å²) in [6.07, 6.45) is 0.548. The Morgan fingerprint density at radius 3 is 2.94 bits per heavy atom. The molecule has 1 atom stereocenters. The average molecular weight is 255 g/mol. The number of rotatable bonds is 7. The molecule has 0 heterocycles. The van der Waals surface area contributed by atoms with Crippen LogP contribution in [0.25, 0.3) is 0 Å². The first-order valence-corrected chi connectivity index (χ1v) is 5.79. The second-order valence-electron chi connectivity index (χ2n) is 4.04. The van der Waals surface area contributed by atoms with Crippen molar-refractivity contribution in [3.05, 3.63) is 35.6 Å². The second kappa shape index (κ2) is 7.79. The quantitative estimate of drug-likeness (QED) is 0.760. The number of amides is 1. The predicted molar refractivity (Wildman–Crippen MR) is 65.6 cm³/mol. The van der Waals surface area contributed by atoms with Gasteiger partial charge in [-0.3, -0.25) is 4.79 Å². The molecule has 1 aromatic carbocycles. The molecule has 0 aliphatic rings. The van der Waals surface area contributed by atoms with Crippen molar-refractivity contribution in [1.82, 2.24) is 5.32 Å². The first-order chi connectivity index (χ1) is 8.65. The molecule has 4 nitrogen and oxygen atoms in total. The zero-order valence-corrected chi connectivity index (χ0v) is 10.4. The summed E-state index contributed by atoms with van der Waals surface area (Å²) in [6, 6.07) is 5.71. The van der Waals surface area contributed by atoms with E-state index in [2.05, 4.69) is 5.32 Å². The molecule has 1 amide bonds. The maximum atomic E-state index is 12.9. The SMILES string of the molecule is COCC(CCO)NC(=O)Cc1cccc(F)c1. The summed E-state index contributed by atoms with van der Waals surface area (Å²) < 4.78 is 17.9. The number of benzene rings is 1. The Hall–Kier alpha value is -1.46. The van der Waals surface area contributed by atoms with E-state index in [4.69, 9.17) is 9.84 Å². The molecule has 0 bridgehead atoms. The molecule has 2 N–H and O–H groups in total. The van der Waals surface area contributed by atoms with Crippen LogP contribution in [0, 0.1) is 5.82 Å². The van der Waals surface area contributed by atoms with Gasteiger partial charge in [-0.1, -0.05) is 12.1 Å². The molecule has 100 valence electrons. The summed E-state index contributed by atoms with van der Waals surface area (Å²) >= 11 is 0. The van der Waals surface area contributed by atoms with Crippen molar-refractivity contribution in [2.75, 3.05) is 20.3 Å². The van der Waals surface area contributed by atoms with Gasteiger partial charge in [0.1, 0.15) is 5.82 Å². The molecule has 5 heteroatoms. The van der Waals surface area contributed by atoms with E-state index in [1.165, 1.54) is 19.2 Å². The second-order valence-corrected chi connectivity index (χ2v) is 4.04. The summed E-state index contributed by atoms with van der Waals surface area (Å²) in [4.78, 5) is 11.7. The molecular weight excluding hydrogens is 237 g/mol. The van der Waals surface area contributed by atoms with E-state index < -0.39 is 0 Å². The van der Waals surface area contributed by atoms with Gasteiger partial charge in [-0.15, -0.1) is 0 Å². The number of nitrogens with one attached hydrogen (secondary N) is 1. The zero-order chi connectivity index (χ0) is 13.4. The topological polar surface area (TPSA) is 58.6 Å². The number of carbonyl (C=O) groups is 1. The van der Waals surface area contributed by atoms with E-state index in [0.717, 1.165) is 0 Å². The van der Waals surface area contributed by atoms with Gasteiger partial charge in [0.15, 0.2) is 0 Å². The molecule has 0 aliphatic carbocycles. The van der Waals surface area contributed by atoms with Gasteiger partial charge >= 0.3 is 0 Å². The minimum absolute atomic E-state index is 0.0196. The number of ether oxygens (including phenoxy) is 1. The van der Waals surface area contributed by atoms with Crippen molar-refractivity contribution in [1.29, 1.82) is 0 Å². The summed E-state index contributed by atoms with van der Waals surface area (Å²) in [5.74, 6) is -0.569. The van der Waals surface area contributed by atoms with E-state index in [-0.39, 0.29) is 30.8 Å². The van der Waals surface area contributed by atoms with E-state index in [9.17, 15) is 9.18 Å². The largest absolute Gasteiger partial charge is 0.396 e. The lowest BCUT2D eigenvalue weighted by atomic mass is 10.1. The van der Waals surface area contributed by atoms with Crippen LogP contribution in [0.5, 0.6) is 0 Å². The van der Waals surface area contributed by atoms with E-state index in [1.54, 1.807) is 12.1 Å². The van der Waals surface area contributed by atoms with Gasteiger partial charge in [0.2, 0.25) is 5.91 Å². The number of halogens is 1. The van der Waals surface area contributed by atoms with Crippen LogP contribution in [-0.2, 0) is 16.0 Å². The number of hydrogen-bond acceptors (Lipinski definition) is 3. The van der Waals surface area contributed by atoms with Crippen molar-refractivity contribution in [2.45, 2.75) is 18.9 Å². The third-order valence-corrected chi connectivity index (χ3v) is 2.46. The Labute approximate surface area is 106 Å². The first kappa shape index (κ1) is 14.6. The maximum absolute atomic E-state index is 12.9. The van der Waals surface area contributed by atoms with Gasteiger partial charge in [-0.05, 0) is 24.1 Å². The highest BCUT2D eigenvalue weighted by molar-refractivity contribution is 5.78. The van der Waals surface area contributed by atoms with Crippen LogP contribution in [-0.4, -0.2) is 37.4 Å². The van der Waals surface area contributed by atoms with Gasteiger partial charge in [0, 0.05) is 13.7 Å². The Balaban J connectivity index is 2.49. The normalized spacial score (nSPS) is 12.2. The van der Waals surface area contributed by atoms with Crippen molar-refractivity contribution in [3.8, 4) is 0 Å². The molecule has 1 rings (SSSR count). The fourth-order valence-electron chi connectivity index (χ4n) is 1.67. The molecule has 18 heavy (non-hydrogen) atoms. The number of carbonyl (C=O) groups excluding carboxylic acids is 1. The summed E-state index contributed by atoms with van der Waals surface area (Å²) in [5.41, 5.74) is 0.618. The summed E-state index contributed by atoms with van der Waals surface area (Å²) in [6.45, 7) is 0.323. The smallest absolute Gasteiger partial charge is 0.224 e. The van der Waals surface area contributed by atoms with E-state index >= 15 is 0 Å². The van der Waals surface area contributed by atoms with Crippen LogP contribution in [0.3, 0.4) is 0 Å². The van der Waals surface area contributed by atoms with Crippen molar-refractivity contribution < 1.29 is 19.0 Å². The lowest BCUT2D eigenvalue weighted by Crippen LogP contribution is -2.39. The van der Waals surface area contributed by atoms with Crippen LogP contribution in [0.1, 0.15) is 12.0 Å². The first-order valence-electron chi connectivity index (χ1n) is 5.79. The minimum atomic E-state index is -0.357. The van der Waals surface area contributed by atoms with Gasteiger partial charge in [0.05, 0.1) is 19.1 Å². The third-order valence-electron chi connectivity index (χ3n) is 2.46. The monoisotopic (exact) mass is 255 g/mol. The molecule has 1 aromatic rings. The third kappa shape index (κ3) is 5.25. The molecule has 0 aliphatic heterocycles. The lowest BCUT2D eigenvalue weighted by Gasteiger charge is -2.16. The summed E-state index contributed by atoms with van der Waals surface area (Å²) in [5, 5.41) is 11.6. The average Bonchev–Trinajstić information content (AvgIpc) is 2.29. The fourth-order valence-corrected chi connectivity index (χ4v) is 1.67.